The molecule has 0 aromatic heterocycles. The third-order valence-corrected chi connectivity index (χ3v) is 6.37. The SMILES string of the molecule is CC[N+](CC)(CC)[C@@H]1[N-]c2ccc(C)cc2[C@@](c2ccccc2)(C(F)(F)F)[NH2+]1. The van der Waals surface area contributed by atoms with E-state index in [1.54, 1.807) is 42.5 Å². The fourth-order valence-corrected chi connectivity index (χ4v) is 4.45. The fraction of sp³-hybridized carbons (Fsp3) is 0.455. The van der Waals surface area contributed by atoms with Crippen LogP contribution in [-0.4, -0.2) is 36.6 Å². The van der Waals surface area contributed by atoms with E-state index in [9.17, 15) is 13.2 Å². The third-order valence-electron chi connectivity index (χ3n) is 6.37. The normalized spacial score (nSPS) is 22.5. The molecule has 1 aliphatic heterocycles. The quantitative estimate of drug-likeness (QED) is 0.724. The number of alkyl halides is 3. The first-order valence-electron chi connectivity index (χ1n) is 9.90. The molecule has 1 heterocycles. The van der Waals surface area contributed by atoms with Gasteiger partial charge in [-0.15, -0.1) is 5.69 Å². The number of benzene rings is 2. The first-order valence-corrected chi connectivity index (χ1v) is 9.90. The van der Waals surface area contributed by atoms with Crippen molar-refractivity contribution >= 4 is 5.69 Å². The van der Waals surface area contributed by atoms with Gasteiger partial charge in [-0.2, -0.15) is 13.2 Å². The lowest BCUT2D eigenvalue weighted by molar-refractivity contribution is -1.06. The van der Waals surface area contributed by atoms with Crippen LogP contribution < -0.4 is 5.32 Å². The van der Waals surface area contributed by atoms with Crippen molar-refractivity contribution in [3.63, 3.8) is 0 Å². The van der Waals surface area contributed by atoms with Crippen molar-refractivity contribution in [2.45, 2.75) is 45.7 Å². The highest BCUT2D eigenvalue weighted by molar-refractivity contribution is 5.63. The Kier molecular flexibility index (Phi) is 5.47. The van der Waals surface area contributed by atoms with Crippen molar-refractivity contribution in [2.75, 3.05) is 19.6 Å². The van der Waals surface area contributed by atoms with Crippen LogP contribution in [-0.2, 0) is 5.54 Å². The first-order chi connectivity index (χ1) is 13.2. The summed E-state index contributed by atoms with van der Waals surface area (Å²) in [6.45, 7) is 10.1. The van der Waals surface area contributed by atoms with Crippen molar-refractivity contribution in [1.29, 1.82) is 0 Å². The minimum Gasteiger partial charge on any atom is -0.581 e. The van der Waals surface area contributed by atoms with Gasteiger partial charge in [-0.1, -0.05) is 54.1 Å². The molecule has 2 aromatic rings. The molecule has 152 valence electrons. The monoisotopic (exact) mass is 392 g/mol. The van der Waals surface area contributed by atoms with E-state index < -0.39 is 18.0 Å². The summed E-state index contributed by atoms with van der Waals surface area (Å²) in [5.41, 5.74) is -0.463. The molecule has 2 N–H and O–H groups in total. The topological polar surface area (TPSA) is 30.7 Å². The maximum atomic E-state index is 14.9. The average molecular weight is 392 g/mol. The lowest BCUT2D eigenvalue weighted by atomic mass is 9.79. The van der Waals surface area contributed by atoms with E-state index in [4.69, 9.17) is 5.32 Å². The second-order valence-electron chi connectivity index (χ2n) is 7.57. The third kappa shape index (κ3) is 3.08. The Balaban J connectivity index is 2.32. The van der Waals surface area contributed by atoms with Crippen LogP contribution in [0.2, 0.25) is 0 Å². The van der Waals surface area contributed by atoms with E-state index in [0.29, 0.717) is 10.2 Å². The lowest BCUT2D eigenvalue weighted by Crippen LogP contribution is -3.07. The molecule has 0 saturated heterocycles. The standard InChI is InChI=1S/C22H28F3N3/c1-5-28(6-2,7-3)20-26-19-14-13-16(4)15-18(19)21(27-20,22(23,24)25)17-11-9-8-10-12-17/h8-15,20,27H,5-7H2,1-4H3/p+1/t20-,21+/m1/s1. The van der Waals surface area contributed by atoms with E-state index in [-0.39, 0.29) is 11.1 Å². The second kappa shape index (κ2) is 7.41. The number of nitrogens with zero attached hydrogens (tertiary/aromatic N) is 2. The maximum Gasteiger partial charge on any atom is 0.453 e. The Morgan fingerprint density at radius 1 is 1.00 bits per heavy atom. The number of hydrogen-bond acceptors (Lipinski definition) is 0. The smallest absolute Gasteiger partial charge is 0.453 e. The summed E-state index contributed by atoms with van der Waals surface area (Å²) in [7, 11) is 0. The van der Waals surface area contributed by atoms with Gasteiger partial charge in [-0.25, -0.2) is 0 Å². The summed E-state index contributed by atoms with van der Waals surface area (Å²) < 4.78 is 45.2. The molecule has 3 rings (SSSR count). The largest absolute Gasteiger partial charge is 0.581 e. The fourth-order valence-electron chi connectivity index (χ4n) is 4.45. The zero-order chi connectivity index (χ0) is 20.6. The van der Waals surface area contributed by atoms with Gasteiger partial charge >= 0.3 is 6.18 Å². The zero-order valence-electron chi connectivity index (χ0n) is 16.9. The predicted octanol–water partition coefficient (Wildman–Crippen LogP) is 4.54. The molecule has 0 amide bonds. The van der Waals surface area contributed by atoms with Gasteiger partial charge in [0.05, 0.1) is 19.6 Å². The highest BCUT2D eigenvalue weighted by atomic mass is 19.4. The molecule has 0 aliphatic carbocycles. The van der Waals surface area contributed by atoms with Gasteiger partial charge in [0.15, 0.2) is 6.29 Å². The molecule has 2 atom stereocenters. The molecular weight excluding hydrogens is 363 g/mol. The van der Waals surface area contributed by atoms with Gasteiger partial charge in [0.25, 0.3) is 0 Å². The summed E-state index contributed by atoms with van der Waals surface area (Å²) in [6, 6.07) is 13.5. The number of rotatable bonds is 5. The van der Waals surface area contributed by atoms with Crippen molar-refractivity contribution < 1.29 is 23.0 Å². The van der Waals surface area contributed by atoms with E-state index >= 15 is 0 Å². The summed E-state index contributed by atoms with van der Waals surface area (Å²) in [6.07, 6.45) is -5.03. The van der Waals surface area contributed by atoms with Crippen molar-refractivity contribution in [3.05, 3.63) is 70.5 Å². The Morgan fingerprint density at radius 2 is 1.61 bits per heavy atom. The summed E-state index contributed by atoms with van der Waals surface area (Å²) >= 11 is 0. The average Bonchev–Trinajstić information content (AvgIpc) is 2.69. The summed E-state index contributed by atoms with van der Waals surface area (Å²) in [5, 5.41) is 6.28. The summed E-state index contributed by atoms with van der Waals surface area (Å²) in [4.78, 5) is 0. The van der Waals surface area contributed by atoms with Crippen molar-refractivity contribution in [1.82, 2.24) is 0 Å². The van der Waals surface area contributed by atoms with E-state index in [1.807, 2.05) is 33.8 Å². The molecule has 28 heavy (non-hydrogen) atoms. The molecule has 6 heteroatoms. The molecule has 1 aliphatic rings. The number of hydrogen-bond donors (Lipinski definition) is 1. The molecular formula is C22H29F3N3+. The van der Waals surface area contributed by atoms with Crippen LogP contribution >= 0.6 is 0 Å². The van der Waals surface area contributed by atoms with E-state index in [0.717, 1.165) is 25.2 Å². The molecule has 2 aromatic carbocycles. The number of nitrogens with two attached hydrogens (primary N) is 1. The Hall–Kier alpha value is -2.05. The molecule has 0 bridgehead atoms. The van der Waals surface area contributed by atoms with Crippen LogP contribution in [0.4, 0.5) is 18.9 Å². The lowest BCUT2D eigenvalue weighted by Gasteiger charge is -2.55. The Bertz CT molecular complexity index is 807. The van der Waals surface area contributed by atoms with Gasteiger partial charge in [0.1, 0.15) is 0 Å². The van der Waals surface area contributed by atoms with E-state index in [2.05, 4.69) is 0 Å². The van der Waals surface area contributed by atoms with Crippen LogP contribution in [0.25, 0.3) is 5.32 Å². The predicted molar refractivity (Wildman–Crippen MR) is 105 cm³/mol. The molecule has 0 saturated carbocycles. The van der Waals surface area contributed by atoms with Gasteiger partial charge < -0.3 is 5.32 Å². The molecule has 0 unspecified atom stereocenters. The molecule has 3 nitrogen and oxygen atoms in total. The van der Waals surface area contributed by atoms with Crippen LogP contribution in [0.5, 0.6) is 0 Å². The minimum atomic E-state index is -4.48. The highest BCUT2D eigenvalue weighted by Crippen LogP contribution is 2.49. The number of fused-ring (bicyclic) bond motifs is 1. The maximum absolute atomic E-state index is 14.9. The molecule has 0 spiro atoms. The Labute approximate surface area is 165 Å². The first kappa shape index (κ1) is 20.7. The molecule has 0 fully saturated rings. The Morgan fingerprint density at radius 3 is 2.14 bits per heavy atom. The second-order valence-corrected chi connectivity index (χ2v) is 7.57. The van der Waals surface area contributed by atoms with E-state index in [1.165, 1.54) is 5.32 Å². The van der Waals surface area contributed by atoms with Crippen LogP contribution in [0, 0.1) is 6.92 Å². The van der Waals surface area contributed by atoms with Gasteiger partial charge in [0, 0.05) is 11.1 Å². The van der Waals surface area contributed by atoms with Crippen LogP contribution in [0.3, 0.4) is 0 Å². The summed E-state index contributed by atoms with van der Waals surface area (Å²) in [5.74, 6) is 0. The number of aryl methyl sites for hydroxylation is 1. The number of quaternary nitrogens is 2. The minimum absolute atomic E-state index is 0.226. The highest BCUT2D eigenvalue weighted by Gasteiger charge is 2.64. The van der Waals surface area contributed by atoms with Gasteiger partial charge in [-0.3, -0.25) is 9.80 Å². The number of halogens is 3. The van der Waals surface area contributed by atoms with Crippen molar-refractivity contribution in [2.24, 2.45) is 0 Å². The molecule has 0 radical (unpaired) electrons. The van der Waals surface area contributed by atoms with Crippen molar-refractivity contribution in [3.8, 4) is 0 Å². The van der Waals surface area contributed by atoms with Gasteiger partial charge in [0.2, 0.25) is 5.54 Å². The van der Waals surface area contributed by atoms with Gasteiger partial charge in [-0.05, 0) is 27.7 Å². The zero-order valence-corrected chi connectivity index (χ0v) is 16.9. The van der Waals surface area contributed by atoms with Crippen LogP contribution in [0.15, 0.2) is 48.5 Å². The van der Waals surface area contributed by atoms with Crippen LogP contribution in [0.1, 0.15) is 37.5 Å².